The number of likely N-dealkylation sites (tertiary alicyclic amines) is 1. The van der Waals surface area contributed by atoms with Crippen LogP contribution < -0.4 is 5.56 Å². The summed E-state index contributed by atoms with van der Waals surface area (Å²) >= 11 is 3.02. The van der Waals surface area contributed by atoms with Crippen LogP contribution in [0.4, 0.5) is 0 Å². The number of amides is 1. The number of thiophene rings is 1. The van der Waals surface area contributed by atoms with Crippen molar-refractivity contribution in [2.45, 2.75) is 50.7 Å². The maximum atomic E-state index is 13.0. The second-order valence-electron chi connectivity index (χ2n) is 7.66. The van der Waals surface area contributed by atoms with Gasteiger partial charge < -0.3 is 9.88 Å². The number of hydrogen-bond donors (Lipinski definition) is 1. The maximum absolute atomic E-state index is 13.0. The molecule has 4 rings (SSSR count). The highest BCUT2D eigenvalue weighted by molar-refractivity contribution is 7.98. The number of thioether (sulfide) groups is 1. The Morgan fingerprint density at radius 1 is 1.21 bits per heavy atom. The minimum atomic E-state index is -0.155. The van der Waals surface area contributed by atoms with Crippen LogP contribution in [0.2, 0.25) is 0 Å². The van der Waals surface area contributed by atoms with Gasteiger partial charge in [0.05, 0.1) is 16.0 Å². The van der Waals surface area contributed by atoms with Crippen LogP contribution in [0.25, 0.3) is 10.2 Å². The smallest absolute Gasteiger partial charge is 0.264 e. The number of nitrogens with zero attached hydrogens (tertiary/aromatic N) is 2. The molecule has 1 aromatic carbocycles. The largest absolute Gasteiger partial charge is 0.338 e. The van der Waals surface area contributed by atoms with E-state index < -0.39 is 0 Å². The Kier molecular flexibility index (Phi) is 5.79. The number of aryl methyl sites for hydroxylation is 3. The van der Waals surface area contributed by atoms with E-state index in [2.05, 4.69) is 42.0 Å². The van der Waals surface area contributed by atoms with Crippen LogP contribution in [0.15, 0.2) is 27.9 Å². The third kappa shape index (κ3) is 4.12. The molecule has 1 fully saturated rings. The number of carbonyl (C=O) groups excluding carboxylic acids is 1. The summed E-state index contributed by atoms with van der Waals surface area (Å²) in [6.07, 6.45) is 3.28. The molecule has 152 valence electrons. The molecule has 1 N–H and O–H groups in total. The molecule has 1 aliphatic heterocycles. The summed E-state index contributed by atoms with van der Waals surface area (Å²) in [7, 11) is 0. The van der Waals surface area contributed by atoms with E-state index in [1.54, 1.807) is 11.8 Å². The first-order valence-electron chi connectivity index (χ1n) is 9.95. The average Bonchev–Trinajstić information content (AvgIpc) is 3.05. The Morgan fingerprint density at radius 3 is 2.72 bits per heavy atom. The Labute approximate surface area is 178 Å². The van der Waals surface area contributed by atoms with Crippen LogP contribution in [0.5, 0.6) is 0 Å². The van der Waals surface area contributed by atoms with Crippen molar-refractivity contribution >= 4 is 39.2 Å². The Balaban J connectivity index is 1.62. The summed E-state index contributed by atoms with van der Waals surface area (Å²) in [6.45, 7) is 7.62. The zero-order valence-electron chi connectivity index (χ0n) is 17.0. The SMILES string of the molecule is Cc1ccc(C)c(SCc2nc3sc(C(=O)N4CCCCC4)c(C)c3c(=O)[nH]2)c1. The number of nitrogens with one attached hydrogen (secondary N) is 1. The average molecular weight is 428 g/mol. The summed E-state index contributed by atoms with van der Waals surface area (Å²) in [4.78, 5) is 37.7. The highest BCUT2D eigenvalue weighted by Gasteiger charge is 2.24. The quantitative estimate of drug-likeness (QED) is 0.606. The monoisotopic (exact) mass is 427 g/mol. The van der Waals surface area contributed by atoms with Crippen molar-refractivity contribution in [2.24, 2.45) is 0 Å². The van der Waals surface area contributed by atoms with Gasteiger partial charge in [-0.05, 0) is 57.2 Å². The van der Waals surface area contributed by atoms with Gasteiger partial charge in [0.25, 0.3) is 11.5 Å². The minimum Gasteiger partial charge on any atom is -0.338 e. The molecule has 1 aliphatic rings. The second kappa shape index (κ2) is 8.32. The van der Waals surface area contributed by atoms with Crippen molar-refractivity contribution in [1.29, 1.82) is 0 Å². The van der Waals surface area contributed by atoms with Gasteiger partial charge >= 0.3 is 0 Å². The fourth-order valence-corrected chi connectivity index (χ4v) is 5.87. The normalized spacial score (nSPS) is 14.5. The molecule has 1 saturated heterocycles. The fraction of sp³-hybridized carbons (Fsp3) is 0.409. The van der Waals surface area contributed by atoms with E-state index in [9.17, 15) is 9.59 Å². The zero-order chi connectivity index (χ0) is 20.5. The van der Waals surface area contributed by atoms with Crippen LogP contribution in [-0.2, 0) is 5.75 Å². The molecule has 0 unspecified atom stereocenters. The first kappa shape index (κ1) is 20.2. The first-order valence-corrected chi connectivity index (χ1v) is 11.8. The van der Waals surface area contributed by atoms with Gasteiger partial charge in [-0.25, -0.2) is 4.98 Å². The van der Waals surface area contributed by atoms with Crippen LogP contribution in [-0.4, -0.2) is 33.9 Å². The standard InChI is InChI=1S/C22H25N3O2S2/c1-13-7-8-14(2)16(11-13)28-12-17-23-20(26)18-15(3)19(29-21(18)24-17)22(27)25-9-5-4-6-10-25/h7-8,11H,4-6,9-10,12H2,1-3H3,(H,23,24,26). The second-order valence-corrected chi connectivity index (χ2v) is 9.68. The lowest BCUT2D eigenvalue weighted by Gasteiger charge is -2.26. The Morgan fingerprint density at radius 2 is 1.97 bits per heavy atom. The molecule has 7 heteroatoms. The van der Waals surface area contributed by atoms with Gasteiger partial charge in [0.15, 0.2) is 0 Å². The van der Waals surface area contributed by atoms with Gasteiger partial charge in [0.1, 0.15) is 10.7 Å². The van der Waals surface area contributed by atoms with E-state index >= 15 is 0 Å². The summed E-state index contributed by atoms with van der Waals surface area (Å²) in [5.41, 5.74) is 3.02. The lowest BCUT2D eigenvalue weighted by molar-refractivity contribution is 0.0728. The molecule has 29 heavy (non-hydrogen) atoms. The molecule has 1 amide bonds. The highest BCUT2D eigenvalue weighted by atomic mass is 32.2. The van der Waals surface area contributed by atoms with Crippen molar-refractivity contribution in [3.63, 3.8) is 0 Å². The van der Waals surface area contributed by atoms with E-state index in [1.165, 1.54) is 33.8 Å². The minimum absolute atomic E-state index is 0.0379. The Bertz CT molecular complexity index is 1130. The van der Waals surface area contributed by atoms with Crippen LogP contribution in [0.1, 0.15) is 51.4 Å². The van der Waals surface area contributed by atoms with Crippen LogP contribution in [0.3, 0.4) is 0 Å². The number of rotatable bonds is 4. The number of benzene rings is 1. The zero-order valence-corrected chi connectivity index (χ0v) is 18.6. The molecule has 5 nitrogen and oxygen atoms in total. The third-order valence-corrected chi connectivity index (χ3v) is 7.74. The first-order chi connectivity index (χ1) is 13.9. The summed E-state index contributed by atoms with van der Waals surface area (Å²) in [5.74, 6) is 1.27. The Hall–Kier alpha value is -2.12. The lowest BCUT2D eigenvalue weighted by atomic mass is 10.1. The number of hydrogen-bond acceptors (Lipinski definition) is 5. The van der Waals surface area contributed by atoms with Gasteiger partial charge in [-0.15, -0.1) is 23.1 Å². The van der Waals surface area contributed by atoms with Crippen molar-refractivity contribution in [3.05, 3.63) is 55.9 Å². The molecule has 3 aromatic rings. The van der Waals surface area contributed by atoms with Crippen LogP contribution >= 0.6 is 23.1 Å². The van der Waals surface area contributed by atoms with E-state index in [0.717, 1.165) is 31.5 Å². The molecular weight excluding hydrogens is 402 g/mol. The molecule has 0 aliphatic carbocycles. The van der Waals surface area contributed by atoms with Gasteiger partial charge in [0.2, 0.25) is 0 Å². The van der Waals surface area contributed by atoms with E-state index in [-0.39, 0.29) is 11.5 Å². The lowest BCUT2D eigenvalue weighted by Crippen LogP contribution is -2.35. The molecular formula is C22H25N3O2S2. The van der Waals surface area contributed by atoms with Crippen molar-refractivity contribution in [2.75, 3.05) is 13.1 Å². The van der Waals surface area contributed by atoms with Crippen molar-refractivity contribution < 1.29 is 4.79 Å². The third-order valence-electron chi connectivity index (χ3n) is 5.40. The predicted molar refractivity (Wildman–Crippen MR) is 120 cm³/mol. The van der Waals surface area contributed by atoms with E-state index in [0.29, 0.717) is 26.7 Å². The number of H-pyrrole nitrogens is 1. The van der Waals surface area contributed by atoms with Gasteiger partial charge in [-0.2, -0.15) is 0 Å². The molecule has 3 heterocycles. The number of aromatic amines is 1. The maximum Gasteiger partial charge on any atom is 0.264 e. The fourth-order valence-electron chi connectivity index (χ4n) is 3.71. The molecule has 0 radical (unpaired) electrons. The molecule has 0 saturated carbocycles. The molecule has 2 aromatic heterocycles. The molecule has 0 atom stereocenters. The topological polar surface area (TPSA) is 66.1 Å². The number of fused-ring (bicyclic) bond motifs is 1. The predicted octanol–water partition coefficient (Wildman–Crippen LogP) is 4.83. The highest BCUT2D eigenvalue weighted by Crippen LogP contribution is 2.30. The molecule has 0 bridgehead atoms. The summed E-state index contributed by atoms with van der Waals surface area (Å²) < 4.78 is 0. The number of piperidine rings is 1. The van der Waals surface area contributed by atoms with E-state index in [4.69, 9.17) is 0 Å². The van der Waals surface area contributed by atoms with Crippen molar-refractivity contribution in [3.8, 4) is 0 Å². The van der Waals surface area contributed by atoms with Crippen molar-refractivity contribution in [1.82, 2.24) is 14.9 Å². The van der Waals surface area contributed by atoms with Crippen LogP contribution in [0, 0.1) is 20.8 Å². The number of carbonyl (C=O) groups is 1. The van der Waals surface area contributed by atoms with E-state index in [1.807, 2.05) is 11.8 Å². The number of aromatic nitrogens is 2. The summed E-state index contributed by atoms with van der Waals surface area (Å²) in [6, 6.07) is 6.36. The molecule has 0 spiro atoms. The van der Waals surface area contributed by atoms with Gasteiger partial charge in [-0.1, -0.05) is 17.7 Å². The summed E-state index contributed by atoms with van der Waals surface area (Å²) in [5, 5.41) is 0.552. The van der Waals surface area contributed by atoms with Gasteiger partial charge in [-0.3, -0.25) is 9.59 Å². The van der Waals surface area contributed by atoms with Gasteiger partial charge in [0, 0.05) is 18.0 Å².